The molecule has 2 rings (SSSR count). The number of rotatable bonds is 2. The van der Waals surface area contributed by atoms with Gasteiger partial charge in [-0.1, -0.05) is 6.07 Å². The minimum atomic E-state index is 0.143. The molecule has 1 aromatic carbocycles. The molecular formula is C11H8N4O. The minimum absolute atomic E-state index is 0.143. The second-order valence-electron chi connectivity index (χ2n) is 3.00. The van der Waals surface area contributed by atoms with Gasteiger partial charge in [0.1, 0.15) is 11.8 Å². The summed E-state index contributed by atoms with van der Waals surface area (Å²) in [6.45, 7) is 0. The zero-order chi connectivity index (χ0) is 11.4. The van der Waals surface area contributed by atoms with Crippen molar-refractivity contribution in [2.45, 2.75) is 0 Å². The van der Waals surface area contributed by atoms with Crippen molar-refractivity contribution in [3.63, 3.8) is 0 Å². The Morgan fingerprint density at radius 2 is 2.06 bits per heavy atom. The topological polar surface area (TPSA) is 84.8 Å². The Balaban J connectivity index is 2.31. The van der Waals surface area contributed by atoms with E-state index in [0.717, 1.165) is 0 Å². The van der Waals surface area contributed by atoms with Gasteiger partial charge in [-0.2, -0.15) is 5.26 Å². The molecule has 1 aromatic heterocycles. The molecule has 0 bridgehead atoms. The van der Waals surface area contributed by atoms with Crippen molar-refractivity contribution in [3.8, 4) is 17.7 Å². The number of aromatic nitrogens is 2. The van der Waals surface area contributed by atoms with Crippen molar-refractivity contribution in [3.05, 3.63) is 42.4 Å². The molecule has 0 fully saturated rings. The number of nitrogens with zero attached hydrogens (tertiary/aromatic N) is 3. The molecule has 1 heterocycles. The van der Waals surface area contributed by atoms with Gasteiger partial charge in [-0.05, 0) is 12.1 Å². The Labute approximate surface area is 92.1 Å². The van der Waals surface area contributed by atoms with Crippen LogP contribution in [0.2, 0.25) is 0 Å². The normalized spacial score (nSPS) is 9.44. The third-order valence-electron chi connectivity index (χ3n) is 1.84. The molecule has 0 saturated carbocycles. The average Bonchev–Trinajstić information content (AvgIpc) is 2.30. The van der Waals surface area contributed by atoms with E-state index in [1.807, 2.05) is 6.07 Å². The van der Waals surface area contributed by atoms with Crippen LogP contribution in [0.1, 0.15) is 5.69 Å². The number of hydrogen-bond acceptors (Lipinski definition) is 5. The van der Waals surface area contributed by atoms with Crippen LogP contribution in [0.15, 0.2) is 36.7 Å². The van der Waals surface area contributed by atoms with Crippen LogP contribution in [0.4, 0.5) is 5.69 Å². The summed E-state index contributed by atoms with van der Waals surface area (Å²) in [5, 5.41) is 8.79. The Bertz CT molecular complexity index is 548. The van der Waals surface area contributed by atoms with E-state index in [4.69, 9.17) is 15.7 Å². The summed E-state index contributed by atoms with van der Waals surface area (Å²) in [5.41, 5.74) is 6.33. The number of benzene rings is 1. The summed E-state index contributed by atoms with van der Waals surface area (Å²) >= 11 is 0. The van der Waals surface area contributed by atoms with Gasteiger partial charge in [0.05, 0.1) is 0 Å². The fourth-order valence-electron chi connectivity index (χ4n) is 1.17. The first-order chi connectivity index (χ1) is 7.79. The Hall–Kier alpha value is -2.61. The van der Waals surface area contributed by atoms with E-state index in [0.29, 0.717) is 11.4 Å². The highest BCUT2D eigenvalue weighted by atomic mass is 16.5. The summed E-state index contributed by atoms with van der Waals surface area (Å²) in [4.78, 5) is 7.76. The van der Waals surface area contributed by atoms with E-state index >= 15 is 0 Å². The van der Waals surface area contributed by atoms with Crippen LogP contribution in [0.25, 0.3) is 0 Å². The molecule has 0 spiro atoms. The number of ether oxygens (including phenoxy) is 1. The highest BCUT2D eigenvalue weighted by molar-refractivity contribution is 5.45. The number of nitrogens with two attached hydrogens (primary N) is 1. The highest BCUT2D eigenvalue weighted by Gasteiger charge is 2.06. The first-order valence-electron chi connectivity index (χ1n) is 4.54. The monoisotopic (exact) mass is 212 g/mol. The molecule has 16 heavy (non-hydrogen) atoms. The maximum absolute atomic E-state index is 8.79. The Morgan fingerprint density at radius 3 is 2.81 bits per heavy atom. The summed E-state index contributed by atoms with van der Waals surface area (Å²) < 4.78 is 5.41. The molecule has 2 N–H and O–H groups in total. The van der Waals surface area contributed by atoms with E-state index in [1.54, 1.807) is 24.3 Å². The molecule has 5 nitrogen and oxygen atoms in total. The largest absolute Gasteiger partial charge is 0.436 e. The summed E-state index contributed by atoms with van der Waals surface area (Å²) in [6.07, 6.45) is 2.90. The first kappa shape index (κ1) is 9.93. The van der Waals surface area contributed by atoms with Gasteiger partial charge in [0.2, 0.25) is 5.69 Å². The molecule has 0 radical (unpaired) electrons. The van der Waals surface area contributed by atoms with Crippen molar-refractivity contribution < 1.29 is 4.74 Å². The molecule has 0 aliphatic rings. The maximum atomic E-state index is 8.79. The molecule has 0 unspecified atom stereocenters. The third-order valence-corrected chi connectivity index (χ3v) is 1.84. The van der Waals surface area contributed by atoms with Crippen LogP contribution in [0.3, 0.4) is 0 Å². The first-order valence-corrected chi connectivity index (χ1v) is 4.54. The predicted molar refractivity (Wildman–Crippen MR) is 57.7 cm³/mol. The second-order valence-corrected chi connectivity index (χ2v) is 3.00. The fraction of sp³-hybridized carbons (Fsp3) is 0. The number of hydrogen-bond donors (Lipinski definition) is 1. The number of anilines is 1. The van der Waals surface area contributed by atoms with E-state index in [2.05, 4.69) is 9.97 Å². The average molecular weight is 212 g/mol. The fourth-order valence-corrected chi connectivity index (χ4v) is 1.17. The van der Waals surface area contributed by atoms with Crippen LogP contribution in [0, 0.1) is 11.3 Å². The van der Waals surface area contributed by atoms with Crippen LogP contribution in [-0.4, -0.2) is 9.97 Å². The van der Waals surface area contributed by atoms with Gasteiger partial charge in [-0.15, -0.1) is 0 Å². The maximum Gasteiger partial charge on any atom is 0.256 e. The quantitative estimate of drug-likeness (QED) is 0.766. The van der Waals surface area contributed by atoms with Crippen molar-refractivity contribution >= 4 is 5.69 Å². The third kappa shape index (κ3) is 2.07. The number of nitriles is 1. The lowest BCUT2D eigenvalue weighted by Crippen LogP contribution is -1.94. The van der Waals surface area contributed by atoms with Gasteiger partial charge >= 0.3 is 0 Å². The SMILES string of the molecule is N#Cc1nccnc1Oc1cccc(N)c1. The minimum Gasteiger partial charge on any atom is -0.436 e. The lowest BCUT2D eigenvalue weighted by Gasteiger charge is -2.05. The van der Waals surface area contributed by atoms with Gasteiger partial charge in [0.25, 0.3) is 5.88 Å². The molecular weight excluding hydrogens is 204 g/mol. The molecule has 2 aromatic rings. The van der Waals surface area contributed by atoms with Gasteiger partial charge < -0.3 is 10.5 Å². The van der Waals surface area contributed by atoms with Crippen molar-refractivity contribution in [2.75, 3.05) is 5.73 Å². The molecule has 0 aliphatic heterocycles. The lowest BCUT2D eigenvalue weighted by molar-refractivity contribution is 0.458. The summed E-state index contributed by atoms with van der Waals surface area (Å²) in [5.74, 6) is 0.701. The molecule has 0 amide bonds. The van der Waals surface area contributed by atoms with Crippen molar-refractivity contribution in [1.29, 1.82) is 5.26 Å². The van der Waals surface area contributed by atoms with E-state index in [9.17, 15) is 0 Å². The van der Waals surface area contributed by atoms with E-state index in [1.165, 1.54) is 12.4 Å². The summed E-state index contributed by atoms with van der Waals surface area (Å²) in [6, 6.07) is 8.78. The molecule has 5 heteroatoms. The second kappa shape index (κ2) is 4.28. The van der Waals surface area contributed by atoms with Crippen molar-refractivity contribution in [2.24, 2.45) is 0 Å². The molecule has 78 valence electrons. The smallest absolute Gasteiger partial charge is 0.256 e. The zero-order valence-corrected chi connectivity index (χ0v) is 8.29. The van der Waals surface area contributed by atoms with Crippen LogP contribution in [0.5, 0.6) is 11.6 Å². The van der Waals surface area contributed by atoms with Gasteiger partial charge in [0.15, 0.2) is 0 Å². The van der Waals surface area contributed by atoms with E-state index < -0.39 is 0 Å². The molecule has 0 aliphatic carbocycles. The van der Waals surface area contributed by atoms with Gasteiger partial charge in [-0.25, -0.2) is 9.97 Å². The van der Waals surface area contributed by atoms with Crippen LogP contribution >= 0.6 is 0 Å². The Morgan fingerprint density at radius 1 is 1.25 bits per heavy atom. The van der Waals surface area contributed by atoms with Crippen LogP contribution in [-0.2, 0) is 0 Å². The van der Waals surface area contributed by atoms with Gasteiger partial charge in [0, 0.05) is 24.1 Å². The highest BCUT2D eigenvalue weighted by Crippen LogP contribution is 2.22. The lowest BCUT2D eigenvalue weighted by atomic mass is 10.3. The standard InChI is InChI=1S/C11H8N4O/c12-7-10-11(15-5-4-14-10)16-9-3-1-2-8(13)6-9/h1-6H,13H2. The zero-order valence-electron chi connectivity index (χ0n) is 8.29. The van der Waals surface area contributed by atoms with Gasteiger partial charge in [-0.3, -0.25) is 0 Å². The molecule has 0 saturated heterocycles. The Kier molecular flexibility index (Phi) is 2.65. The molecule has 0 atom stereocenters. The summed E-state index contributed by atoms with van der Waals surface area (Å²) in [7, 11) is 0. The predicted octanol–water partition coefficient (Wildman–Crippen LogP) is 1.72. The van der Waals surface area contributed by atoms with Crippen LogP contribution < -0.4 is 10.5 Å². The number of nitrogen functional groups attached to an aromatic ring is 1. The van der Waals surface area contributed by atoms with Crippen molar-refractivity contribution in [1.82, 2.24) is 9.97 Å². The van der Waals surface area contributed by atoms with E-state index in [-0.39, 0.29) is 11.6 Å².